The Kier molecular flexibility index (Phi) is 3.21. The van der Waals surface area contributed by atoms with Gasteiger partial charge < -0.3 is 9.47 Å². The van der Waals surface area contributed by atoms with Crippen LogP contribution in [0.3, 0.4) is 0 Å². The number of alkyl halides is 2. The van der Waals surface area contributed by atoms with E-state index in [9.17, 15) is 8.78 Å². The number of halogens is 3. The van der Waals surface area contributed by atoms with Crippen molar-refractivity contribution in [1.82, 2.24) is 0 Å². The highest BCUT2D eigenvalue weighted by molar-refractivity contribution is 6.33. The van der Waals surface area contributed by atoms with Crippen molar-refractivity contribution in [2.75, 3.05) is 0 Å². The van der Waals surface area contributed by atoms with Crippen LogP contribution in [-0.4, -0.2) is 6.29 Å². The third kappa shape index (κ3) is 2.50. The zero-order chi connectivity index (χ0) is 14.6. The molecule has 1 aliphatic rings. The zero-order valence-electron chi connectivity index (χ0n) is 11.6. The zero-order valence-corrected chi connectivity index (χ0v) is 12.4. The quantitative estimate of drug-likeness (QED) is 0.718. The molecule has 1 heterocycles. The second kappa shape index (κ2) is 4.23. The van der Waals surface area contributed by atoms with E-state index in [1.54, 1.807) is 6.07 Å². The predicted molar refractivity (Wildman–Crippen MR) is 70.4 cm³/mol. The number of fused-ring (bicyclic) bond motifs is 1. The number of rotatable bonds is 1. The van der Waals surface area contributed by atoms with Crippen LogP contribution < -0.4 is 9.47 Å². The molecule has 0 amide bonds. The molecule has 1 aromatic carbocycles. The summed E-state index contributed by atoms with van der Waals surface area (Å²) in [6.07, 6.45) is -3.64. The maximum atomic E-state index is 13.2. The Morgan fingerprint density at radius 1 is 1.21 bits per heavy atom. The van der Waals surface area contributed by atoms with E-state index in [0.717, 1.165) is 11.1 Å². The average Bonchev–Trinajstić information content (AvgIpc) is 2.50. The summed E-state index contributed by atoms with van der Waals surface area (Å²) in [7, 11) is 0. The molecule has 0 fully saturated rings. The summed E-state index contributed by atoms with van der Waals surface area (Å²) in [5.74, 6) is 0.0394. The molecule has 0 radical (unpaired) electrons. The molecule has 1 aliphatic heterocycles. The highest BCUT2D eigenvalue weighted by atomic mass is 35.5. The minimum Gasteiger partial charge on any atom is -0.395 e. The molecule has 1 aromatic rings. The van der Waals surface area contributed by atoms with Gasteiger partial charge in [0.05, 0.1) is 5.02 Å². The maximum Gasteiger partial charge on any atom is 0.586 e. The van der Waals surface area contributed by atoms with E-state index in [1.807, 2.05) is 34.6 Å². The summed E-state index contributed by atoms with van der Waals surface area (Å²) in [5.41, 5.74) is 1.50. The van der Waals surface area contributed by atoms with Crippen LogP contribution in [0.15, 0.2) is 6.07 Å². The van der Waals surface area contributed by atoms with E-state index in [0.29, 0.717) is 0 Å². The lowest BCUT2D eigenvalue weighted by molar-refractivity contribution is -0.286. The van der Waals surface area contributed by atoms with Gasteiger partial charge in [-0.25, -0.2) is 0 Å². The molecule has 106 valence electrons. The first-order chi connectivity index (χ1) is 8.53. The molecule has 0 unspecified atom stereocenters. The molecule has 2 nitrogen and oxygen atoms in total. The first-order valence-electron chi connectivity index (χ1n) is 6.15. The average molecular weight is 291 g/mol. The van der Waals surface area contributed by atoms with Crippen molar-refractivity contribution >= 4 is 11.6 Å². The SMILES string of the molecule is CC(C)c1c(C(C)(C)C)cc2c(c1Cl)OC(F)(F)O2. The molecule has 5 heteroatoms. The lowest BCUT2D eigenvalue weighted by Gasteiger charge is -2.26. The highest BCUT2D eigenvalue weighted by Gasteiger charge is 2.46. The van der Waals surface area contributed by atoms with Crippen molar-refractivity contribution in [3.63, 3.8) is 0 Å². The van der Waals surface area contributed by atoms with E-state index in [-0.39, 0.29) is 27.9 Å². The molecule has 0 saturated carbocycles. The van der Waals surface area contributed by atoms with Gasteiger partial charge in [-0.3, -0.25) is 0 Å². The van der Waals surface area contributed by atoms with Crippen molar-refractivity contribution in [1.29, 1.82) is 0 Å². The molecule has 0 atom stereocenters. The summed E-state index contributed by atoms with van der Waals surface area (Å²) in [6, 6.07) is 1.61. The number of ether oxygens (including phenoxy) is 2. The van der Waals surface area contributed by atoms with Gasteiger partial charge in [0, 0.05) is 0 Å². The third-order valence-corrected chi connectivity index (χ3v) is 3.44. The second-order valence-corrected chi connectivity index (χ2v) is 6.43. The van der Waals surface area contributed by atoms with Crippen LogP contribution in [0.2, 0.25) is 5.02 Å². The summed E-state index contributed by atoms with van der Waals surface area (Å²) in [5, 5.41) is 0.217. The largest absolute Gasteiger partial charge is 0.586 e. The van der Waals surface area contributed by atoms with Crippen LogP contribution in [0.1, 0.15) is 51.7 Å². The minimum atomic E-state index is -3.64. The van der Waals surface area contributed by atoms with E-state index in [1.165, 1.54) is 0 Å². The van der Waals surface area contributed by atoms with Crippen molar-refractivity contribution in [2.24, 2.45) is 0 Å². The fourth-order valence-electron chi connectivity index (χ4n) is 2.25. The van der Waals surface area contributed by atoms with E-state index < -0.39 is 6.29 Å². The van der Waals surface area contributed by atoms with Gasteiger partial charge in [0.2, 0.25) is 0 Å². The second-order valence-electron chi connectivity index (χ2n) is 6.05. The Morgan fingerprint density at radius 2 is 1.79 bits per heavy atom. The Balaban J connectivity index is 2.69. The van der Waals surface area contributed by atoms with Crippen LogP contribution in [-0.2, 0) is 5.41 Å². The first-order valence-corrected chi connectivity index (χ1v) is 6.53. The summed E-state index contributed by atoms with van der Waals surface area (Å²) in [4.78, 5) is 0. The van der Waals surface area contributed by atoms with Crippen LogP contribution in [0, 0.1) is 0 Å². The molecular weight excluding hydrogens is 274 g/mol. The molecule has 0 saturated heterocycles. The molecule has 0 aliphatic carbocycles. The Labute approximate surface area is 116 Å². The van der Waals surface area contributed by atoms with Gasteiger partial charge in [-0.2, -0.15) is 0 Å². The van der Waals surface area contributed by atoms with Crippen LogP contribution in [0.4, 0.5) is 8.78 Å². The molecule has 0 N–H and O–H groups in total. The molecule has 0 aromatic heterocycles. The smallest absolute Gasteiger partial charge is 0.395 e. The van der Waals surface area contributed by atoms with Crippen molar-refractivity contribution < 1.29 is 18.3 Å². The van der Waals surface area contributed by atoms with Gasteiger partial charge in [-0.05, 0) is 28.5 Å². The van der Waals surface area contributed by atoms with Crippen molar-refractivity contribution in [2.45, 2.75) is 52.2 Å². The highest BCUT2D eigenvalue weighted by Crippen LogP contribution is 2.51. The van der Waals surface area contributed by atoms with Gasteiger partial charge in [-0.15, -0.1) is 8.78 Å². The van der Waals surface area contributed by atoms with Gasteiger partial charge in [-0.1, -0.05) is 46.2 Å². The maximum absolute atomic E-state index is 13.2. The van der Waals surface area contributed by atoms with Crippen LogP contribution >= 0.6 is 11.6 Å². The molecule has 0 spiro atoms. The molecule has 0 bridgehead atoms. The summed E-state index contributed by atoms with van der Waals surface area (Å²) >= 11 is 6.25. The fourth-order valence-corrected chi connectivity index (χ4v) is 2.70. The fraction of sp³-hybridized carbons (Fsp3) is 0.571. The van der Waals surface area contributed by atoms with Crippen LogP contribution in [0.5, 0.6) is 11.5 Å². The van der Waals surface area contributed by atoms with Crippen LogP contribution in [0.25, 0.3) is 0 Å². The number of hydrogen-bond acceptors (Lipinski definition) is 2. The predicted octanol–water partition coefficient (Wildman–Crippen LogP) is 5.08. The van der Waals surface area contributed by atoms with Gasteiger partial charge in [0.25, 0.3) is 0 Å². The van der Waals surface area contributed by atoms with E-state index in [2.05, 4.69) is 9.47 Å². The molecule has 2 rings (SSSR count). The normalized spacial score (nSPS) is 17.1. The van der Waals surface area contributed by atoms with Gasteiger partial charge in [0.1, 0.15) is 0 Å². The summed E-state index contributed by atoms with van der Waals surface area (Å²) in [6.45, 7) is 9.95. The first kappa shape index (κ1) is 14.4. The van der Waals surface area contributed by atoms with Crippen molar-refractivity contribution in [3.8, 4) is 11.5 Å². The van der Waals surface area contributed by atoms with Crippen molar-refractivity contribution in [3.05, 3.63) is 22.2 Å². The standard InChI is InChI=1S/C14H17ClF2O2/c1-7(2)10-8(13(3,4)5)6-9-12(11(10)15)19-14(16,17)18-9/h6-7H,1-5H3. The van der Waals surface area contributed by atoms with Gasteiger partial charge in [0.15, 0.2) is 11.5 Å². The summed E-state index contributed by atoms with van der Waals surface area (Å²) < 4.78 is 35.4. The Hall–Kier alpha value is -1.03. The lowest BCUT2D eigenvalue weighted by atomic mass is 9.80. The topological polar surface area (TPSA) is 18.5 Å². The molecular formula is C14H17ClF2O2. The Morgan fingerprint density at radius 3 is 2.26 bits per heavy atom. The van der Waals surface area contributed by atoms with Gasteiger partial charge >= 0.3 is 6.29 Å². The lowest BCUT2D eigenvalue weighted by Crippen LogP contribution is -2.26. The van der Waals surface area contributed by atoms with E-state index >= 15 is 0 Å². The Bertz CT molecular complexity index is 519. The number of hydrogen-bond donors (Lipinski definition) is 0. The third-order valence-electron chi connectivity index (χ3n) is 3.06. The van der Waals surface area contributed by atoms with E-state index in [4.69, 9.17) is 11.6 Å². The number of benzene rings is 1. The minimum absolute atomic E-state index is 0.00400. The monoisotopic (exact) mass is 290 g/mol. The molecule has 19 heavy (non-hydrogen) atoms.